The second-order valence-electron chi connectivity index (χ2n) is 4.77. The van der Waals surface area contributed by atoms with Crippen LogP contribution < -0.4 is 11.1 Å². The lowest BCUT2D eigenvalue weighted by atomic mass is 9.95. The number of halogens is 1. The molecule has 0 spiro atoms. The van der Waals surface area contributed by atoms with Crippen LogP contribution in [0.4, 0.5) is 10.2 Å². The summed E-state index contributed by atoms with van der Waals surface area (Å²) in [6, 6.07) is 1.28. The van der Waals surface area contributed by atoms with E-state index in [1.807, 2.05) is 11.8 Å². The summed E-state index contributed by atoms with van der Waals surface area (Å²) in [4.78, 5) is 15.7. The maximum Gasteiger partial charge on any atom is 0.255 e. The highest BCUT2D eigenvalue weighted by molar-refractivity contribution is 7.99. The van der Waals surface area contributed by atoms with Gasteiger partial charge in [-0.2, -0.15) is 11.8 Å². The Labute approximate surface area is 116 Å². The summed E-state index contributed by atoms with van der Waals surface area (Å²) in [7, 11) is 0. The van der Waals surface area contributed by atoms with Gasteiger partial charge in [-0.3, -0.25) is 4.79 Å². The molecule has 19 heavy (non-hydrogen) atoms. The Morgan fingerprint density at radius 1 is 1.47 bits per heavy atom. The maximum atomic E-state index is 13.1. The highest BCUT2D eigenvalue weighted by Crippen LogP contribution is 2.27. The van der Waals surface area contributed by atoms with E-state index in [2.05, 4.69) is 16.6 Å². The van der Waals surface area contributed by atoms with Crippen molar-refractivity contribution in [3.05, 3.63) is 23.6 Å². The summed E-state index contributed by atoms with van der Waals surface area (Å²) in [6.45, 7) is 0. The molecule has 0 aromatic carbocycles. The molecule has 4 nitrogen and oxygen atoms in total. The molecule has 0 radical (unpaired) electrons. The van der Waals surface area contributed by atoms with Gasteiger partial charge in [-0.25, -0.2) is 9.37 Å². The first-order chi connectivity index (χ1) is 9.10. The van der Waals surface area contributed by atoms with Gasteiger partial charge in [-0.05, 0) is 38.0 Å². The molecule has 1 aliphatic carbocycles. The largest absolute Gasteiger partial charge is 0.383 e. The molecule has 1 heterocycles. The Morgan fingerprint density at radius 3 is 2.79 bits per heavy atom. The summed E-state index contributed by atoms with van der Waals surface area (Å²) in [5, 5.41) is 3.60. The van der Waals surface area contributed by atoms with Gasteiger partial charge in [0.15, 0.2) is 0 Å². The van der Waals surface area contributed by atoms with Crippen LogP contribution in [0.25, 0.3) is 0 Å². The average Bonchev–Trinajstić information content (AvgIpc) is 2.42. The van der Waals surface area contributed by atoms with E-state index in [4.69, 9.17) is 5.73 Å². The number of hydrogen-bond acceptors (Lipinski definition) is 4. The number of aromatic nitrogens is 1. The minimum atomic E-state index is -0.551. The lowest BCUT2D eigenvalue weighted by molar-refractivity contribution is 0.0928. The SMILES string of the molecule is CSC1CCC(NC(=O)c2cc(F)cnc2N)CC1. The normalized spacial score (nSPS) is 23.1. The number of carbonyl (C=O) groups is 1. The van der Waals surface area contributed by atoms with E-state index in [9.17, 15) is 9.18 Å². The minimum absolute atomic E-state index is 0.0664. The molecule has 1 aromatic rings. The number of pyridine rings is 1. The van der Waals surface area contributed by atoms with Crippen LogP contribution in [0.5, 0.6) is 0 Å². The van der Waals surface area contributed by atoms with Crippen LogP contribution in [0.2, 0.25) is 0 Å². The van der Waals surface area contributed by atoms with Crippen LogP contribution in [0, 0.1) is 5.82 Å². The number of anilines is 1. The standard InChI is InChI=1S/C13H18FN3OS/c1-19-10-4-2-9(3-5-10)17-13(18)11-6-8(14)7-16-12(11)15/h6-7,9-10H,2-5H2,1H3,(H2,15,16)(H,17,18). The number of thioether (sulfide) groups is 1. The molecule has 0 bridgehead atoms. The van der Waals surface area contributed by atoms with Gasteiger partial charge >= 0.3 is 0 Å². The fourth-order valence-corrected chi connectivity index (χ4v) is 3.08. The van der Waals surface area contributed by atoms with Crippen LogP contribution in [-0.2, 0) is 0 Å². The molecule has 104 valence electrons. The number of nitrogen functional groups attached to an aromatic ring is 1. The fraction of sp³-hybridized carbons (Fsp3) is 0.538. The van der Waals surface area contributed by atoms with E-state index < -0.39 is 5.82 Å². The monoisotopic (exact) mass is 283 g/mol. The van der Waals surface area contributed by atoms with Crippen molar-refractivity contribution >= 4 is 23.5 Å². The number of nitrogens with zero attached hydrogens (tertiary/aromatic N) is 1. The molecule has 0 atom stereocenters. The second-order valence-corrected chi connectivity index (χ2v) is 5.91. The second kappa shape index (κ2) is 6.23. The molecule has 2 rings (SSSR count). The Kier molecular flexibility index (Phi) is 4.63. The number of hydrogen-bond donors (Lipinski definition) is 2. The molecule has 0 aliphatic heterocycles. The fourth-order valence-electron chi connectivity index (χ4n) is 2.34. The highest BCUT2D eigenvalue weighted by Gasteiger charge is 2.23. The molecule has 1 fully saturated rings. The maximum absolute atomic E-state index is 13.1. The molecule has 1 aromatic heterocycles. The molecule has 1 saturated carbocycles. The zero-order chi connectivity index (χ0) is 13.8. The average molecular weight is 283 g/mol. The highest BCUT2D eigenvalue weighted by atomic mass is 32.2. The van der Waals surface area contributed by atoms with Crippen molar-refractivity contribution in [1.29, 1.82) is 0 Å². The van der Waals surface area contributed by atoms with Crippen molar-refractivity contribution in [2.45, 2.75) is 37.0 Å². The minimum Gasteiger partial charge on any atom is -0.383 e. The van der Waals surface area contributed by atoms with E-state index in [1.165, 1.54) is 0 Å². The summed E-state index contributed by atoms with van der Waals surface area (Å²) in [5.74, 6) is -0.820. The van der Waals surface area contributed by atoms with E-state index >= 15 is 0 Å². The van der Waals surface area contributed by atoms with Crippen molar-refractivity contribution < 1.29 is 9.18 Å². The van der Waals surface area contributed by atoms with E-state index in [0.717, 1.165) is 37.9 Å². The Hall–Kier alpha value is -1.30. The predicted molar refractivity (Wildman–Crippen MR) is 75.6 cm³/mol. The molecule has 0 saturated heterocycles. The Balaban J connectivity index is 1.96. The number of nitrogens with one attached hydrogen (secondary N) is 1. The van der Waals surface area contributed by atoms with Gasteiger partial charge in [0.1, 0.15) is 11.6 Å². The van der Waals surface area contributed by atoms with Crippen molar-refractivity contribution in [2.75, 3.05) is 12.0 Å². The van der Waals surface area contributed by atoms with Gasteiger partial charge in [-0.1, -0.05) is 0 Å². The first kappa shape index (κ1) is 14.1. The molecule has 3 N–H and O–H groups in total. The van der Waals surface area contributed by atoms with Gasteiger partial charge in [0.25, 0.3) is 5.91 Å². The van der Waals surface area contributed by atoms with Crippen molar-refractivity contribution in [3.8, 4) is 0 Å². The lowest BCUT2D eigenvalue weighted by Crippen LogP contribution is -2.38. The third-order valence-corrected chi connectivity index (χ3v) is 4.61. The van der Waals surface area contributed by atoms with Gasteiger partial charge in [0.2, 0.25) is 0 Å². The quantitative estimate of drug-likeness (QED) is 0.892. The zero-order valence-corrected chi connectivity index (χ0v) is 11.7. The molecule has 0 unspecified atom stereocenters. The van der Waals surface area contributed by atoms with Crippen LogP contribution in [0.15, 0.2) is 12.3 Å². The first-order valence-corrected chi connectivity index (χ1v) is 7.63. The van der Waals surface area contributed by atoms with Gasteiger partial charge in [-0.15, -0.1) is 0 Å². The number of rotatable bonds is 3. The van der Waals surface area contributed by atoms with Crippen molar-refractivity contribution in [1.82, 2.24) is 10.3 Å². The number of carbonyl (C=O) groups excluding carboxylic acids is 1. The number of nitrogens with two attached hydrogens (primary N) is 1. The molecule has 1 amide bonds. The summed E-state index contributed by atoms with van der Waals surface area (Å²) >= 11 is 1.88. The third-order valence-electron chi connectivity index (χ3n) is 3.47. The van der Waals surface area contributed by atoms with Crippen LogP contribution >= 0.6 is 11.8 Å². The van der Waals surface area contributed by atoms with Crippen LogP contribution in [-0.4, -0.2) is 28.4 Å². The molecular weight excluding hydrogens is 265 g/mol. The predicted octanol–water partition coefficient (Wildman–Crippen LogP) is 2.21. The first-order valence-electron chi connectivity index (χ1n) is 6.35. The zero-order valence-electron chi connectivity index (χ0n) is 10.9. The van der Waals surface area contributed by atoms with Crippen molar-refractivity contribution in [2.24, 2.45) is 0 Å². The smallest absolute Gasteiger partial charge is 0.255 e. The van der Waals surface area contributed by atoms with Gasteiger partial charge in [0, 0.05) is 11.3 Å². The summed E-state index contributed by atoms with van der Waals surface area (Å²) in [6.07, 6.45) is 7.24. The topological polar surface area (TPSA) is 68.0 Å². The molecule has 1 aliphatic rings. The van der Waals surface area contributed by atoms with Crippen LogP contribution in [0.1, 0.15) is 36.0 Å². The van der Waals surface area contributed by atoms with E-state index in [1.54, 1.807) is 0 Å². The lowest BCUT2D eigenvalue weighted by Gasteiger charge is -2.28. The molecular formula is C13H18FN3OS. The number of amides is 1. The molecule has 6 heteroatoms. The Bertz CT molecular complexity index is 461. The van der Waals surface area contributed by atoms with Gasteiger partial charge in [0.05, 0.1) is 11.8 Å². The van der Waals surface area contributed by atoms with Gasteiger partial charge < -0.3 is 11.1 Å². The summed E-state index contributed by atoms with van der Waals surface area (Å²) in [5.41, 5.74) is 5.71. The van der Waals surface area contributed by atoms with E-state index in [-0.39, 0.29) is 23.3 Å². The van der Waals surface area contributed by atoms with Crippen LogP contribution in [0.3, 0.4) is 0 Å². The van der Waals surface area contributed by atoms with Crippen molar-refractivity contribution in [3.63, 3.8) is 0 Å². The third kappa shape index (κ3) is 3.59. The Morgan fingerprint density at radius 2 is 2.16 bits per heavy atom. The summed E-state index contributed by atoms with van der Waals surface area (Å²) < 4.78 is 13.1. The van der Waals surface area contributed by atoms with E-state index in [0.29, 0.717) is 5.25 Å².